The summed E-state index contributed by atoms with van der Waals surface area (Å²) < 4.78 is 1.88. The molecule has 1 amide bonds. The number of hydrogen-bond donors (Lipinski definition) is 1. The number of carbonyl (C=O) groups is 1. The van der Waals surface area contributed by atoms with Crippen LogP contribution in [0, 0.1) is 12.3 Å². The van der Waals surface area contributed by atoms with Gasteiger partial charge in [0.05, 0.1) is 11.8 Å². The zero-order valence-electron chi connectivity index (χ0n) is 12.1. The van der Waals surface area contributed by atoms with Crippen LogP contribution in [-0.4, -0.2) is 40.2 Å². The van der Waals surface area contributed by atoms with E-state index in [1.807, 2.05) is 16.5 Å². The van der Waals surface area contributed by atoms with Gasteiger partial charge in [0, 0.05) is 25.3 Å². The number of carbonyl (C=O) groups excluding carboxylic acids is 1. The first-order valence-corrected chi connectivity index (χ1v) is 6.96. The second kappa shape index (κ2) is 5.33. The van der Waals surface area contributed by atoms with Crippen LogP contribution >= 0.6 is 0 Å². The smallest absolute Gasteiger partial charge is 0.257 e. The van der Waals surface area contributed by atoms with Gasteiger partial charge in [-0.3, -0.25) is 9.48 Å². The second-order valence-corrected chi connectivity index (χ2v) is 6.15. The van der Waals surface area contributed by atoms with Gasteiger partial charge in [-0.25, -0.2) is 0 Å². The van der Waals surface area contributed by atoms with E-state index in [0.717, 1.165) is 43.7 Å². The molecule has 5 heteroatoms. The monoisotopic (exact) mass is 264 g/mol. The lowest BCUT2D eigenvalue weighted by atomic mass is 9.93. The molecule has 0 atom stereocenters. The van der Waals surface area contributed by atoms with Crippen molar-refractivity contribution in [2.75, 3.05) is 19.6 Å². The number of aryl methyl sites for hydroxylation is 1. The van der Waals surface area contributed by atoms with Crippen molar-refractivity contribution in [1.82, 2.24) is 14.7 Å². The zero-order chi connectivity index (χ0) is 14.0. The SMILES string of the molecule is Cc1c(C(=O)N2CCC(C)(C)C2)cnn1CCCN. The maximum absolute atomic E-state index is 12.5. The molecule has 1 aliphatic rings. The van der Waals surface area contributed by atoms with Crippen molar-refractivity contribution in [2.45, 2.75) is 40.2 Å². The quantitative estimate of drug-likeness (QED) is 0.894. The van der Waals surface area contributed by atoms with Crippen molar-refractivity contribution >= 4 is 5.91 Å². The highest BCUT2D eigenvalue weighted by Crippen LogP contribution is 2.30. The first-order valence-electron chi connectivity index (χ1n) is 6.96. The van der Waals surface area contributed by atoms with Gasteiger partial charge in [0.2, 0.25) is 0 Å². The van der Waals surface area contributed by atoms with Crippen LogP contribution in [0.4, 0.5) is 0 Å². The summed E-state index contributed by atoms with van der Waals surface area (Å²) in [5.74, 6) is 0.113. The summed E-state index contributed by atoms with van der Waals surface area (Å²) in [6, 6.07) is 0. The lowest BCUT2D eigenvalue weighted by Crippen LogP contribution is -2.30. The molecule has 106 valence electrons. The number of nitrogens with zero attached hydrogens (tertiary/aromatic N) is 3. The van der Waals surface area contributed by atoms with Crippen molar-refractivity contribution < 1.29 is 4.79 Å². The number of nitrogens with two attached hydrogens (primary N) is 1. The summed E-state index contributed by atoms with van der Waals surface area (Å²) in [5.41, 5.74) is 7.42. The summed E-state index contributed by atoms with van der Waals surface area (Å²) >= 11 is 0. The van der Waals surface area contributed by atoms with Crippen molar-refractivity contribution in [1.29, 1.82) is 0 Å². The molecule has 2 heterocycles. The van der Waals surface area contributed by atoms with Crippen LogP contribution in [0.25, 0.3) is 0 Å². The van der Waals surface area contributed by atoms with E-state index in [2.05, 4.69) is 18.9 Å². The van der Waals surface area contributed by atoms with E-state index in [0.29, 0.717) is 6.54 Å². The Morgan fingerprint density at radius 3 is 2.84 bits per heavy atom. The first-order chi connectivity index (χ1) is 8.94. The molecule has 0 aliphatic carbocycles. The molecule has 1 aromatic heterocycles. The maximum atomic E-state index is 12.5. The fraction of sp³-hybridized carbons (Fsp3) is 0.714. The molecular formula is C14H24N4O. The Labute approximate surface area is 114 Å². The topological polar surface area (TPSA) is 64.2 Å². The van der Waals surface area contributed by atoms with Crippen molar-refractivity contribution in [2.24, 2.45) is 11.1 Å². The van der Waals surface area contributed by atoms with Gasteiger partial charge in [-0.15, -0.1) is 0 Å². The van der Waals surface area contributed by atoms with Gasteiger partial charge < -0.3 is 10.6 Å². The van der Waals surface area contributed by atoms with Crippen LogP contribution in [0.3, 0.4) is 0 Å². The molecule has 1 aromatic rings. The molecule has 0 aromatic carbocycles. The fourth-order valence-electron chi connectivity index (χ4n) is 2.58. The average molecular weight is 264 g/mol. The highest BCUT2D eigenvalue weighted by molar-refractivity contribution is 5.95. The van der Waals surface area contributed by atoms with Crippen LogP contribution in [0.1, 0.15) is 42.7 Å². The summed E-state index contributed by atoms with van der Waals surface area (Å²) in [5, 5.41) is 4.30. The predicted molar refractivity (Wildman–Crippen MR) is 74.9 cm³/mol. The summed E-state index contributed by atoms with van der Waals surface area (Å²) in [6.45, 7) is 9.47. The van der Waals surface area contributed by atoms with E-state index in [1.54, 1.807) is 6.20 Å². The number of hydrogen-bond acceptors (Lipinski definition) is 3. The summed E-state index contributed by atoms with van der Waals surface area (Å²) in [7, 11) is 0. The lowest BCUT2D eigenvalue weighted by molar-refractivity contribution is 0.0777. The Bertz CT molecular complexity index is 464. The molecule has 0 spiro atoms. The normalized spacial score (nSPS) is 18.0. The highest BCUT2D eigenvalue weighted by atomic mass is 16.2. The van der Waals surface area contributed by atoms with Gasteiger partial charge in [-0.2, -0.15) is 5.10 Å². The van der Waals surface area contributed by atoms with Gasteiger partial charge in [-0.1, -0.05) is 13.8 Å². The van der Waals surface area contributed by atoms with Gasteiger partial charge in [0.15, 0.2) is 0 Å². The van der Waals surface area contributed by atoms with Crippen molar-refractivity contribution in [3.05, 3.63) is 17.5 Å². The number of likely N-dealkylation sites (tertiary alicyclic amines) is 1. The minimum absolute atomic E-state index is 0.113. The molecule has 0 unspecified atom stereocenters. The zero-order valence-corrected chi connectivity index (χ0v) is 12.1. The Morgan fingerprint density at radius 2 is 2.26 bits per heavy atom. The molecule has 5 nitrogen and oxygen atoms in total. The fourth-order valence-corrected chi connectivity index (χ4v) is 2.58. The van der Waals surface area contributed by atoms with Gasteiger partial charge in [0.25, 0.3) is 5.91 Å². The van der Waals surface area contributed by atoms with Crippen LogP contribution in [0.2, 0.25) is 0 Å². The standard InChI is InChI=1S/C14H24N4O/c1-11-12(9-16-18(11)7-4-6-15)13(19)17-8-5-14(2,3)10-17/h9H,4-8,10,15H2,1-3H3. The van der Waals surface area contributed by atoms with Crippen LogP contribution < -0.4 is 5.73 Å². The molecule has 2 N–H and O–H groups in total. The minimum atomic E-state index is 0.113. The summed E-state index contributed by atoms with van der Waals surface area (Å²) in [6.07, 6.45) is 3.64. The Morgan fingerprint density at radius 1 is 1.53 bits per heavy atom. The summed E-state index contributed by atoms with van der Waals surface area (Å²) in [4.78, 5) is 14.4. The predicted octanol–water partition coefficient (Wildman–Crippen LogP) is 1.41. The van der Waals surface area contributed by atoms with Crippen molar-refractivity contribution in [3.8, 4) is 0 Å². The third kappa shape index (κ3) is 2.97. The largest absolute Gasteiger partial charge is 0.338 e. The number of rotatable bonds is 4. The van der Waals surface area contributed by atoms with E-state index in [4.69, 9.17) is 5.73 Å². The van der Waals surface area contributed by atoms with Crippen LogP contribution in [0.15, 0.2) is 6.20 Å². The number of aromatic nitrogens is 2. The molecule has 2 rings (SSSR count). The van der Waals surface area contributed by atoms with Crippen LogP contribution in [-0.2, 0) is 6.54 Å². The van der Waals surface area contributed by atoms with Gasteiger partial charge >= 0.3 is 0 Å². The number of amides is 1. The molecule has 0 radical (unpaired) electrons. The molecule has 19 heavy (non-hydrogen) atoms. The Balaban J connectivity index is 2.10. The van der Waals surface area contributed by atoms with E-state index in [-0.39, 0.29) is 11.3 Å². The molecule has 1 aliphatic heterocycles. The maximum Gasteiger partial charge on any atom is 0.257 e. The molecule has 1 fully saturated rings. The van der Waals surface area contributed by atoms with Crippen LogP contribution in [0.5, 0.6) is 0 Å². The highest BCUT2D eigenvalue weighted by Gasteiger charge is 2.33. The van der Waals surface area contributed by atoms with Gasteiger partial charge in [-0.05, 0) is 31.7 Å². The first kappa shape index (κ1) is 14.1. The Kier molecular flexibility index (Phi) is 3.94. The minimum Gasteiger partial charge on any atom is -0.338 e. The van der Waals surface area contributed by atoms with E-state index < -0.39 is 0 Å². The average Bonchev–Trinajstić information content (AvgIpc) is 2.89. The lowest BCUT2D eigenvalue weighted by Gasteiger charge is -2.19. The molecule has 1 saturated heterocycles. The molecular weight excluding hydrogens is 240 g/mol. The van der Waals surface area contributed by atoms with E-state index in [9.17, 15) is 4.79 Å². The van der Waals surface area contributed by atoms with E-state index in [1.165, 1.54) is 0 Å². The molecule has 0 saturated carbocycles. The third-order valence-electron chi connectivity index (χ3n) is 3.87. The third-order valence-corrected chi connectivity index (χ3v) is 3.87. The van der Waals surface area contributed by atoms with Gasteiger partial charge in [0.1, 0.15) is 0 Å². The van der Waals surface area contributed by atoms with Crippen molar-refractivity contribution in [3.63, 3.8) is 0 Å². The van der Waals surface area contributed by atoms with E-state index >= 15 is 0 Å². The second-order valence-electron chi connectivity index (χ2n) is 6.15. The molecule has 0 bridgehead atoms. The Hall–Kier alpha value is -1.36.